The number of alkyl halides is 3. The molecular weight excluding hydrogens is 363 g/mol. The van der Waals surface area contributed by atoms with Crippen LogP contribution in [0.5, 0.6) is 0 Å². The van der Waals surface area contributed by atoms with Gasteiger partial charge < -0.3 is 4.84 Å². The number of rotatable bonds is 4. The van der Waals surface area contributed by atoms with Crippen LogP contribution in [0.25, 0.3) is 0 Å². The fourth-order valence-electron chi connectivity index (χ4n) is 2.38. The minimum Gasteiger partial charge on any atom is -0.374 e. The van der Waals surface area contributed by atoms with E-state index in [0.717, 1.165) is 23.3 Å². The molecule has 0 amide bonds. The van der Waals surface area contributed by atoms with Crippen LogP contribution in [-0.2, 0) is 11.0 Å². The molecule has 0 heterocycles. The van der Waals surface area contributed by atoms with E-state index >= 15 is 0 Å². The molecule has 0 radical (unpaired) electrons. The van der Waals surface area contributed by atoms with Crippen molar-refractivity contribution in [3.8, 4) is 11.8 Å². The molecule has 0 aliphatic carbocycles. The predicted molar refractivity (Wildman–Crippen MR) is 103 cm³/mol. The van der Waals surface area contributed by atoms with E-state index < -0.39 is 17.8 Å². The lowest BCUT2D eigenvalue weighted by Gasteiger charge is -2.09. The third kappa shape index (κ3) is 5.49. The Bertz CT molecular complexity index is 970. The summed E-state index contributed by atoms with van der Waals surface area (Å²) in [5, 5.41) is 3.91. The van der Waals surface area contributed by atoms with Crippen molar-refractivity contribution < 1.29 is 18.0 Å². The molecule has 0 spiro atoms. The first-order valence-corrected chi connectivity index (χ1v) is 8.50. The molecule has 140 valence electrons. The van der Waals surface area contributed by atoms with Gasteiger partial charge in [0, 0.05) is 11.1 Å². The first kappa shape index (κ1) is 19.2. The van der Waals surface area contributed by atoms with Crippen LogP contribution in [0.15, 0.2) is 90.1 Å². The summed E-state index contributed by atoms with van der Waals surface area (Å²) in [6.45, 7) is 0. The Morgan fingerprint density at radius 1 is 0.821 bits per heavy atom. The summed E-state index contributed by atoms with van der Waals surface area (Å²) >= 11 is 0. The summed E-state index contributed by atoms with van der Waals surface area (Å²) in [5.41, 5.74) is 1.46. The van der Waals surface area contributed by atoms with Crippen molar-refractivity contribution in [1.82, 2.24) is 0 Å². The van der Waals surface area contributed by atoms with Gasteiger partial charge in [-0.3, -0.25) is 0 Å². The SMILES string of the molecule is FC(F)(F)c1ccc(/C=N\O[C@@H](C#Cc2ccccc2)c2ccccc2)cc1. The molecule has 3 rings (SSSR count). The zero-order valence-corrected chi connectivity index (χ0v) is 14.7. The molecule has 2 nitrogen and oxygen atoms in total. The molecule has 28 heavy (non-hydrogen) atoms. The Labute approximate surface area is 161 Å². The molecule has 1 atom stereocenters. The maximum absolute atomic E-state index is 12.6. The Hall–Kier alpha value is -3.52. The van der Waals surface area contributed by atoms with E-state index in [4.69, 9.17) is 4.84 Å². The lowest BCUT2D eigenvalue weighted by Crippen LogP contribution is -2.04. The number of hydrogen-bond donors (Lipinski definition) is 0. The molecule has 0 saturated heterocycles. The molecule has 0 unspecified atom stereocenters. The summed E-state index contributed by atoms with van der Waals surface area (Å²) < 4.78 is 37.8. The lowest BCUT2D eigenvalue weighted by molar-refractivity contribution is -0.137. The van der Waals surface area contributed by atoms with Crippen molar-refractivity contribution in [2.24, 2.45) is 5.16 Å². The van der Waals surface area contributed by atoms with E-state index in [1.165, 1.54) is 18.3 Å². The van der Waals surface area contributed by atoms with Crippen LogP contribution in [-0.4, -0.2) is 6.21 Å². The van der Waals surface area contributed by atoms with Gasteiger partial charge in [0.15, 0.2) is 0 Å². The smallest absolute Gasteiger partial charge is 0.374 e. The van der Waals surface area contributed by atoms with E-state index in [0.29, 0.717) is 5.56 Å². The lowest BCUT2D eigenvalue weighted by atomic mass is 10.1. The average Bonchev–Trinajstić information content (AvgIpc) is 2.71. The van der Waals surface area contributed by atoms with Gasteiger partial charge in [0.2, 0.25) is 6.10 Å². The first-order valence-electron chi connectivity index (χ1n) is 8.50. The van der Waals surface area contributed by atoms with Crippen LogP contribution >= 0.6 is 0 Å². The summed E-state index contributed by atoms with van der Waals surface area (Å²) in [5.74, 6) is 6.07. The Kier molecular flexibility index (Phi) is 6.13. The van der Waals surface area contributed by atoms with Gasteiger partial charge in [-0.15, -0.1) is 0 Å². The van der Waals surface area contributed by atoms with Crippen molar-refractivity contribution in [1.29, 1.82) is 0 Å². The molecule has 5 heteroatoms. The third-order valence-electron chi connectivity index (χ3n) is 3.83. The van der Waals surface area contributed by atoms with Crippen molar-refractivity contribution in [3.63, 3.8) is 0 Å². The zero-order chi connectivity index (χ0) is 19.8. The monoisotopic (exact) mass is 379 g/mol. The normalized spacial score (nSPS) is 12.2. The van der Waals surface area contributed by atoms with Crippen molar-refractivity contribution in [2.45, 2.75) is 12.3 Å². The zero-order valence-electron chi connectivity index (χ0n) is 14.7. The molecule has 3 aromatic carbocycles. The number of nitrogens with zero attached hydrogens (tertiary/aromatic N) is 1. The highest BCUT2D eigenvalue weighted by atomic mass is 19.4. The molecule has 0 aromatic heterocycles. The van der Waals surface area contributed by atoms with E-state index in [1.807, 2.05) is 60.7 Å². The summed E-state index contributed by atoms with van der Waals surface area (Å²) in [6, 6.07) is 23.5. The van der Waals surface area contributed by atoms with Crippen LogP contribution < -0.4 is 0 Å². The van der Waals surface area contributed by atoms with Gasteiger partial charge in [-0.05, 0) is 35.7 Å². The average molecular weight is 379 g/mol. The molecular formula is C23H16F3NO. The second-order valence-corrected chi connectivity index (χ2v) is 5.89. The minimum absolute atomic E-state index is 0.496. The van der Waals surface area contributed by atoms with Crippen LogP contribution in [0.1, 0.15) is 28.4 Å². The van der Waals surface area contributed by atoms with E-state index in [-0.39, 0.29) is 0 Å². The molecule has 0 saturated carbocycles. The van der Waals surface area contributed by atoms with E-state index in [1.54, 1.807) is 0 Å². The fraction of sp³-hybridized carbons (Fsp3) is 0.0870. The predicted octanol–water partition coefficient (Wildman–Crippen LogP) is 5.85. The maximum Gasteiger partial charge on any atom is 0.416 e. The van der Waals surface area contributed by atoms with Crippen LogP contribution in [0.2, 0.25) is 0 Å². The van der Waals surface area contributed by atoms with Gasteiger partial charge in [0.05, 0.1) is 11.8 Å². The van der Waals surface area contributed by atoms with Crippen molar-refractivity contribution >= 4 is 6.21 Å². The van der Waals surface area contributed by atoms with Gasteiger partial charge in [-0.1, -0.05) is 71.7 Å². The van der Waals surface area contributed by atoms with E-state index in [9.17, 15) is 13.2 Å². The maximum atomic E-state index is 12.6. The largest absolute Gasteiger partial charge is 0.416 e. The molecule has 0 N–H and O–H groups in total. The number of oxime groups is 1. The second kappa shape index (κ2) is 8.92. The summed E-state index contributed by atoms with van der Waals surface area (Å²) in [6.07, 6.45) is -3.61. The van der Waals surface area contributed by atoms with E-state index in [2.05, 4.69) is 17.0 Å². The van der Waals surface area contributed by atoms with Gasteiger partial charge in [0.25, 0.3) is 0 Å². The number of hydrogen-bond acceptors (Lipinski definition) is 2. The number of benzene rings is 3. The third-order valence-corrected chi connectivity index (χ3v) is 3.83. The molecule has 0 bridgehead atoms. The summed E-state index contributed by atoms with van der Waals surface area (Å²) in [4.78, 5) is 5.52. The van der Waals surface area contributed by atoms with Gasteiger partial charge in [-0.25, -0.2) is 0 Å². The van der Waals surface area contributed by atoms with Gasteiger partial charge in [-0.2, -0.15) is 13.2 Å². The molecule has 0 aliphatic rings. The van der Waals surface area contributed by atoms with Crippen molar-refractivity contribution in [3.05, 3.63) is 107 Å². The molecule has 0 fully saturated rings. The fourth-order valence-corrected chi connectivity index (χ4v) is 2.38. The quantitative estimate of drug-likeness (QED) is 0.317. The van der Waals surface area contributed by atoms with Crippen LogP contribution in [0.3, 0.4) is 0 Å². The highest BCUT2D eigenvalue weighted by Crippen LogP contribution is 2.28. The van der Waals surface area contributed by atoms with Crippen LogP contribution in [0.4, 0.5) is 13.2 Å². The summed E-state index contributed by atoms with van der Waals surface area (Å²) in [7, 11) is 0. The Morgan fingerprint density at radius 3 is 2.04 bits per heavy atom. The topological polar surface area (TPSA) is 21.6 Å². The van der Waals surface area contributed by atoms with Crippen molar-refractivity contribution in [2.75, 3.05) is 0 Å². The molecule has 0 aliphatic heterocycles. The highest BCUT2D eigenvalue weighted by Gasteiger charge is 2.29. The Morgan fingerprint density at radius 2 is 1.43 bits per heavy atom. The highest BCUT2D eigenvalue weighted by molar-refractivity contribution is 5.79. The number of halogens is 3. The standard InChI is InChI=1S/C23H16F3NO/c24-23(25,26)21-14-11-19(12-15-21)17-27-28-22(20-9-5-2-6-10-20)16-13-18-7-3-1-4-8-18/h1-12,14-15,17,22H/b27-17-/t22-/m0/s1. The second-order valence-electron chi connectivity index (χ2n) is 5.89. The van der Waals surface area contributed by atoms with Crippen LogP contribution in [0, 0.1) is 11.8 Å². The minimum atomic E-state index is -4.36. The van der Waals surface area contributed by atoms with Gasteiger partial charge in [0.1, 0.15) is 0 Å². The Balaban J connectivity index is 1.75. The first-order chi connectivity index (χ1) is 13.5. The molecule has 3 aromatic rings. The van der Waals surface area contributed by atoms with Gasteiger partial charge >= 0.3 is 6.18 Å².